The van der Waals surface area contributed by atoms with Crippen LogP contribution in [-0.4, -0.2) is 29.5 Å². The molecule has 1 aromatic carbocycles. The Morgan fingerprint density at radius 1 is 1.23 bits per heavy atom. The molecule has 0 saturated carbocycles. The third-order valence-electron chi connectivity index (χ3n) is 4.06. The lowest BCUT2D eigenvalue weighted by molar-refractivity contribution is -0.124. The number of furan rings is 1. The van der Waals surface area contributed by atoms with Gasteiger partial charge in [0.05, 0.1) is 17.3 Å². The fraction of sp³-hybridized carbons (Fsp3) is 0.250. The Kier molecular flexibility index (Phi) is 5.31. The van der Waals surface area contributed by atoms with E-state index in [0.29, 0.717) is 27.9 Å². The molecule has 0 radical (unpaired) electrons. The number of hydrogen-bond acceptors (Lipinski definition) is 5. The normalized spacial score (nSPS) is 11.9. The molecule has 1 N–H and O–H groups in total. The molecule has 3 rings (SSSR count). The monoisotopic (exact) mass is 352 g/mol. The predicted molar refractivity (Wildman–Crippen MR) is 97.6 cm³/mol. The van der Waals surface area contributed by atoms with Gasteiger partial charge >= 0.3 is 5.97 Å². The first-order valence-electron chi connectivity index (χ1n) is 8.48. The van der Waals surface area contributed by atoms with Crippen molar-refractivity contribution in [1.82, 2.24) is 10.3 Å². The number of aromatic nitrogens is 1. The van der Waals surface area contributed by atoms with Crippen LogP contribution >= 0.6 is 0 Å². The number of ether oxygens (including phenoxy) is 1. The summed E-state index contributed by atoms with van der Waals surface area (Å²) >= 11 is 0. The SMILES string of the molecule is CC[C@@H](C)NC(=O)COC(=O)c1cc(-c2ccco2)nc2ccccc12. The number of pyridine rings is 1. The average molecular weight is 352 g/mol. The lowest BCUT2D eigenvalue weighted by Gasteiger charge is -2.12. The third kappa shape index (κ3) is 3.91. The molecule has 3 aromatic rings. The smallest absolute Gasteiger partial charge is 0.339 e. The molecule has 6 heteroatoms. The van der Waals surface area contributed by atoms with Crippen LogP contribution in [-0.2, 0) is 9.53 Å². The average Bonchev–Trinajstić information content (AvgIpc) is 3.20. The Balaban J connectivity index is 1.86. The number of nitrogens with one attached hydrogen (secondary N) is 1. The Bertz CT molecular complexity index is 919. The van der Waals surface area contributed by atoms with Crippen LogP contribution in [0.2, 0.25) is 0 Å². The van der Waals surface area contributed by atoms with Gasteiger partial charge in [-0.2, -0.15) is 0 Å². The van der Waals surface area contributed by atoms with Crippen LogP contribution in [0.15, 0.2) is 53.1 Å². The number of hydrogen-bond donors (Lipinski definition) is 1. The minimum Gasteiger partial charge on any atom is -0.463 e. The van der Waals surface area contributed by atoms with Crippen molar-refractivity contribution in [1.29, 1.82) is 0 Å². The molecule has 0 aliphatic heterocycles. The van der Waals surface area contributed by atoms with E-state index in [1.54, 1.807) is 30.5 Å². The molecule has 26 heavy (non-hydrogen) atoms. The van der Waals surface area contributed by atoms with Crippen LogP contribution in [0.1, 0.15) is 30.6 Å². The maximum Gasteiger partial charge on any atom is 0.339 e. The lowest BCUT2D eigenvalue weighted by Crippen LogP contribution is -2.35. The van der Waals surface area contributed by atoms with Crippen molar-refractivity contribution in [2.45, 2.75) is 26.3 Å². The fourth-order valence-corrected chi connectivity index (χ4v) is 2.52. The molecule has 0 fully saturated rings. The summed E-state index contributed by atoms with van der Waals surface area (Å²) in [5.74, 6) is -0.340. The summed E-state index contributed by atoms with van der Waals surface area (Å²) in [5, 5.41) is 3.43. The van der Waals surface area contributed by atoms with Gasteiger partial charge in [0.1, 0.15) is 5.69 Å². The van der Waals surface area contributed by atoms with E-state index in [0.717, 1.165) is 6.42 Å². The van der Waals surface area contributed by atoms with Crippen LogP contribution in [0, 0.1) is 0 Å². The maximum absolute atomic E-state index is 12.6. The van der Waals surface area contributed by atoms with Gasteiger partial charge in [0.2, 0.25) is 0 Å². The summed E-state index contributed by atoms with van der Waals surface area (Å²) in [7, 11) is 0. The number of nitrogens with zero attached hydrogens (tertiary/aromatic N) is 1. The molecule has 0 saturated heterocycles. The van der Waals surface area contributed by atoms with Gasteiger partial charge in [0, 0.05) is 11.4 Å². The lowest BCUT2D eigenvalue weighted by atomic mass is 10.1. The van der Waals surface area contributed by atoms with Crippen LogP contribution in [0.5, 0.6) is 0 Å². The van der Waals surface area contributed by atoms with Crippen molar-refractivity contribution in [3.05, 3.63) is 54.3 Å². The third-order valence-corrected chi connectivity index (χ3v) is 4.06. The molecule has 0 spiro atoms. The van der Waals surface area contributed by atoms with Crippen LogP contribution < -0.4 is 5.32 Å². The Morgan fingerprint density at radius 2 is 2.04 bits per heavy atom. The van der Waals surface area contributed by atoms with E-state index in [-0.39, 0.29) is 18.6 Å². The molecule has 0 unspecified atom stereocenters. The second-order valence-electron chi connectivity index (χ2n) is 6.00. The molecule has 1 atom stereocenters. The molecule has 0 aliphatic carbocycles. The van der Waals surface area contributed by atoms with E-state index >= 15 is 0 Å². The predicted octanol–water partition coefficient (Wildman–Crippen LogP) is 3.57. The Hall–Kier alpha value is -3.15. The summed E-state index contributed by atoms with van der Waals surface area (Å²) in [6.07, 6.45) is 2.35. The van der Waals surface area contributed by atoms with Crippen molar-refractivity contribution >= 4 is 22.8 Å². The summed E-state index contributed by atoms with van der Waals surface area (Å²) < 4.78 is 10.6. The first kappa shape index (κ1) is 17.7. The number of rotatable bonds is 6. The molecule has 1 amide bonds. The largest absolute Gasteiger partial charge is 0.463 e. The Labute approximate surface area is 151 Å². The van der Waals surface area contributed by atoms with Crippen LogP contribution in [0.4, 0.5) is 0 Å². The van der Waals surface area contributed by atoms with Gasteiger partial charge in [-0.15, -0.1) is 0 Å². The number of carbonyl (C=O) groups excluding carboxylic acids is 2. The highest BCUT2D eigenvalue weighted by Gasteiger charge is 2.17. The molecule has 2 heterocycles. The molecule has 0 bridgehead atoms. The minimum absolute atomic E-state index is 0.0357. The first-order chi connectivity index (χ1) is 12.6. The minimum atomic E-state index is -0.573. The van der Waals surface area contributed by atoms with Crippen molar-refractivity contribution < 1.29 is 18.7 Å². The van der Waals surface area contributed by atoms with Gasteiger partial charge in [0.25, 0.3) is 5.91 Å². The standard InChI is InChI=1S/C20H20N2O4/c1-3-13(2)21-19(23)12-26-20(24)15-11-17(18-9-6-10-25-18)22-16-8-5-4-7-14(15)16/h4-11,13H,3,12H2,1-2H3,(H,21,23)/t13-/m1/s1. The van der Waals surface area contributed by atoms with Gasteiger partial charge in [-0.05, 0) is 37.6 Å². The van der Waals surface area contributed by atoms with E-state index in [1.165, 1.54) is 0 Å². The molecule has 2 aromatic heterocycles. The highest BCUT2D eigenvalue weighted by atomic mass is 16.5. The zero-order valence-corrected chi connectivity index (χ0v) is 14.7. The number of esters is 1. The van der Waals surface area contributed by atoms with Gasteiger partial charge in [0.15, 0.2) is 12.4 Å². The van der Waals surface area contributed by atoms with E-state index in [4.69, 9.17) is 9.15 Å². The molecular formula is C20H20N2O4. The van der Waals surface area contributed by atoms with Crippen molar-refractivity contribution in [3.8, 4) is 11.5 Å². The van der Waals surface area contributed by atoms with Gasteiger partial charge in [-0.25, -0.2) is 9.78 Å². The number of benzene rings is 1. The van der Waals surface area contributed by atoms with E-state index in [2.05, 4.69) is 10.3 Å². The number of fused-ring (bicyclic) bond motifs is 1. The fourth-order valence-electron chi connectivity index (χ4n) is 2.52. The zero-order valence-electron chi connectivity index (χ0n) is 14.7. The number of para-hydroxylation sites is 1. The number of carbonyl (C=O) groups is 2. The van der Waals surface area contributed by atoms with Crippen molar-refractivity contribution in [3.63, 3.8) is 0 Å². The molecule has 0 aliphatic rings. The van der Waals surface area contributed by atoms with E-state index in [1.807, 2.05) is 32.0 Å². The van der Waals surface area contributed by atoms with E-state index in [9.17, 15) is 9.59 Å². The van der Waals surface area contributed by atoms with Gasteiger partial charge in [-0.1, -0.05) is 25.1 Å². The zero-order chi connectivity index (χ0) is 18.5. The summed E-state index contributed by atoms with van der Waals surface area (Å²) in [6, 6.07) is 12.5. The van der Waals surface area contributed by atoms with Gasteiger partial charge < -0.3 is 14.5 Å². The second-order valence-corrected chi connectivity index (χ2v) is 6.00. The molecule has 134 valence electrons. The Morgan fingerprint density at radius 3 is 2.77 bits per heavy atom. The quantitative estimate of drug-likeness (QED) is 0.686. The highest BCUT2D eigenvalue weighted by molar-refractivity contribution is 6.05. The first-order valence-corrected chi connectivity index (χ1v) is 8.48. The van der Waals surface area contributed by atoms with Crippen LogP contribution in [0.3, 0.4) is 0 Å². The summed E-state index contributed by atoms with van der Waals surface area (Å²) in [6.45, 7) is 3.54. The highest BCUT2D eigenvalue weighted by Crippen LogP contribution is 2.25. The number of amides is 1. The topological polar surface area (TPSA) is 81.4 Å². The van der Waals surface area contributed by atoms with Crippen LogP contribution in [0.25, 0.3) is 22.4 Å². The second kappa shape index (κ2) is 7.82. The van der Waals surface area contributed by atoms with Crippen molar-refractivity contribution in [2.75, 3.05) is 6.61 Å². The molecular weight excluding hydrogens is 332 g/mol. The van der Waals surface area contributed by atoms with Crippen molar-refractivity contribution in [2.24, 2.45) is 0 Å². The van der Waals surface area contributed by atoms with E-state index < -0.39 is 5.97 Å². The molecule has 6 nitrogen and oxygen atoms in total. The van der Waals surface area contributed by atoms with Gasteiger partial charge in [-0.3, -0.25) is 4.79 Å². The summed E-state index contributed by atoms with van der Waals surface area (Å²) in [5.41, 5.74) is 1.53. The maximum atomic E-state index is 12.6. The summed E-state index contributed by atoms with van der Waals surface area (Å²) in [4.78, 5) is 29.0.